The maximum Gasteiger partial charge on any atom is 0.143 e. The summed E-state index contributed by atoms with van der Waals surface area (Å²) < 4.78 is 1.19. The molecule has 1 rings (SSSR count). The van der Waals surface area contributed by atoms with Gasteiger partial charge in [-0.3, -0.25) is 0 Å². The molecule has 1 aromatic rings. The van der Waals surface area contributed by atoms with E-state index in [4.69, 9.17) is 5.73 Å². The predicted octanol–water partition coefficient (Wildman–Crippen LogP) is 2.85. The van der Waals surface area contributed by atoms with Crippen molar-refractivity contribution >= 4 is 37.6 Å². The van der Waals surface area contributed by atoms with E-state index in [0.717, 1.165) is 5.56 Å². The van der Waals surface area contributed by atoms with Gasteiger partial charge in [0.05, 0.1) is 8.95 Å². The Bertz CT molecular complexity index is 313. The van der Waals surface area contributed by atoms with E-state index in [-0.39, 0.29) is 5.75 Å². The highest BCUT2D eigenvalue weighted by molar-refractivity contribution is 9.11. The summed E-state index contributed by atoms with van der Waals surface area (Å²) in [5, 5.41) is 9.35. The van der Waals surface area contributed by atoms with Crippen LogP contribution < -0.4 is 5.73 Å². The number of phenolic OH excluding ortho intramolecular Hbond substituents is 1. The van der Waals surface area contributed by atoms with Crippen LogP contribution >= 0.6 is 31.9 Å². The maximum absolute atomic E-state index is 9.35. The first kappa shape index (κ1) is 9.61. The Kier molecular flexibility index (Phi) is 2.80. The van der Waals surface area contributed by atoms with Crippen molar-refractivity contribution in [2.24, 2.45) is 5.73 Å². The summed E-state index contributed by atoms with van der Waals surface area (Å²) >= 11 is 6.38. The van der Waals surface area contributed by atoms with Gasteiger partial charge in [-0.1, -0.05) is 6.58 Å². The molecule has 0 saturated heterocycles. The lowest BCUT2D eigenvalue weighted by atomic mass is 10.2. The number of hydrogen-bond acceptors (Lipinski definition) is 2. The molecule has 0 heterocycles. The highest BCUT2D eigenvalue weighted by Crippen LogP contribution is 2.34. The Balaban J connectivity index is 3.31. The van der Waals surface area contributed by atoms with Crippen molar-refractivity contribution in [2.75, 3.05) is 0 Å². The molecule has 0 amide bonds. The SMILES string of the molecule is C=C(N)c1cc(Br)c(O)c(Br)c1. The molecule has 1 aromatic carbocycles. The second-order valence-electron chi connectivity index (χ2n) is 2.31. The number of hydrogen-bond donors (Lipinski definition) is 2. The summed E-state index contributed by atoms with van der Waals surface area (Å²) in [6.45, 7) is 3.59. The van der Waals surface area contributed by atoms with E-state index < -0.39 is 0 Å². The molecule has 0 bridgehead atoms. The van der Waals surface area contributed by atoms with Gasteiger partial charge in [-0.05, 0) is 49.6 Å². The molecule has 2 nitrogen and oxygen atoms in total. The van der Waals surface area contributed by atoms with Crippen LogP contribution in [0.5, 0.6) is 5.75 Å². The van der Waals surface area contributed by atoms with Gasteiger partial charge in [-0.2, -0.15) is 0 Å². The van der Waals surface area contributed by atoms with Gasteiger partial charge in [0.15, 0.2) is 0 Å². The largest absolute Gasteiger partial charge is 0.506 e. The molecule has 0 aliphatic rings. The minimum Gasteiger partial charge on any atom is -0.506 e. The summed E-state index contributed by atoms with van der Waals surface area (Å²) in [4.78, 5) is 0. The van der Waals surface area contributed by atoms with Crippen molar-refractivity contribution < 1.29 is 5.11 Å². The molecule has 0 saturated carbocycles. The second-order valence-corrected chi connectivity index (χ2v) is 4.02. The van der Waals surface area contributed by atoms with Crippen LogP contribution in [-0.4, -0.2) is 5.11 Å². The van der Waals surface area contributed by atoms with E-state index in [1.54, 1.807) is 12.1 Å². The van der Waals surface area contributed by atoms with Gasteiger partial charge in [0.1, 0.15) is 5.75 Å². The Morgan fingerprint density at radius 1 is 1.33 bits per heavy atom. The third-order valence-corrected chi connectivity index (χ3v) is 2.60. The van der Waals surface area contributed by atoms with Gasteiger partial charge < -0.3 is 10.8 Å². The molecule has 0 fully saturated rings. The van der Waals surface area contributed by atoms with Gasteiger partial charge in [-0.15, -0.1) is 0 Å². The first-order chi connectivity index (χ1) is 5.52. The van der Waals surface area contributed by atoms with Gasteiger partial charge in [0.25, 0.3) is 0 Å². The minimum absolute atomic E-state index is 0.167. The Morgan fingerprint density at radius 3 is 2.08 bits per heavy atom. The fourth-order valence-electron chi connectivity index (χ4n) is 0.751. The Morgan fingerprint density at radius 2 is 1.75 bits per heavy atom. The average Bonchev–Trinajstić information content (AvgIpc) is 1.99. The van der Waals surface area contributed by atoms with Crippen LogP contribution in [0, 0.1) is 0 Å². The minimum atomic E-state index is 0.167. The quantitative estimate of drug-likeness (QED) is 0.836. The average molecular weight is 293 g/mol. The van der Waals surface area contributed by atoms with Gasteiger partial charge in [-0.25, -0.2) is 0 Å². The number of halogens is 2. The molecular weight excluding hydrogens is 286 g/mol. The molecule has 0 aliphatic carbocycles. The molecule has 64 valence electrons. The van der Waals surface area contributed by atoms with Crippen LogP contribution in [-0.2, 0) is 0 Å². The molecule has 0 spiro atoms. The van der Waals surface area contributed by atoms with Crippen LogP contribution in [0.3, 0.4) is 0 Å². The normalized spacial score (nSPS) is 9.83. The van der Waals surface area contributed by atoms with E-state index in [9.17, 15) is 5.11 Å². The van der Waals surface area contributed by atoms with Crippen LogP contribution in [0.4, 0.5) is 0 Å². The molecule has 0 aromatic heterocycles. The zero-order chi connectivity index (χ0) is 9.30. The third-order valence-electron chi connectivity index (χ3n) is 1.39. The summed E-state index contributed by atoms with van der Waals surface area (Å²) in [7, 11) is 0. The zero-order valence-corrected chi connectivity index (χ0v) is 9.31. The molecule has 0 aliphatic heterocycles. The fourth-order valence-corrected chi connectivity index (χ4v) is 1.94. The number of rotatable bonds is 1. The van der Waals surface area contributed by atoms with E-state index in [1.165, 1.54) is 0 Å². The lowest BCUT2D eigenvalue weighted by Gasteiger charge is -2.04. The molecule has 12 heavy (non-hydrogen) atoms. The zero-order valence-electron chi connectivity index (χ0n) is 6.14. The van der Waals surface area contributed by atoms with Crippen molar-refractivity contribution in [1.82, 2.24) is 0 Å². The Hall–Kier alpha value is -0.480. The summed E-state index contributed by atoms with van der Waals surface area (Å²) in [5.74, 6) is 0.167. The van der Waals surface area contributed by atoms with Gasteiger partial charge in [0, 0.05) is 5.70 Å². The number of benzene rings is 1. The highest BCUT2D eigenvalue weighted by Gasteiger charge is 2.05. The van der Waals surface area contributed by atoms with Crippen molar-refractivity contribution in [3.8, 4) is 5.75 Å². The highest BCUT2D eigenvalue weighted by atomic mass is 79.9. The summed E-state index contributed by atoms with van der Waals surface area (Å²) in [5.41, 5.74) is 6.74. The summed E-state index contributed by atoms with van der Waals surface area (Å²) in [6.07, 6.45) is 0. The molecule has 3 N–H and O–H groups in total. The van der Waals surface area contributed by atoms with Crippen LogP contribution in [0.15, 0.2) is 27.7 Å². The number of aromatic hydroxyl groups is 1. The monoisotopic (exact) mass is 291 g/mol. The smallest absolute Gasteiger partial charge is 0.143 e. The molecule has 0 unspecified atom stereocenters. The molecule has 4 heteroatoms. The first-order valence-corrected chi connectivity index (χ1v) is 4.73. The predicted molar refractivity (Wildman–Crippen MR) is 56.7 cm³/mol. The fraction of sp³-hybridized carbons (Fsp3) is 0. The third kappa shape index (κ3) is 1.81. The number of phenols is 1. The van der Waals surface area contributed by atoms with Crippen LogP contribution in [0.25, 0.3) is 5.70 Å². The van der Waals surface area contributed by atoms with Crippen LogP contribution in [0.2, 0.25) is 0 Å². The molecule has 0 radical (unpaired) electrons. The first-order valence-electron chi connectivity index (χ1n) is 3.15. The van der Waals surface area contributed by atoms with Crippen LogP contribution in [0.1, 0.15) is 5.56 Å². The molecular formula is C8H7Br2NO. The standard InChI is InChI=1S/C8H7Br2NO/c1-4(11)5-2-6(9)8(12)7(10)3-5/h2-3,12H,1,11H2. The Labute approximate surface area is 87.3 Å². The van der Waals surface area contributed by atoms with E-state index in [1.807, 2.05) is 0 Å². The van der Waals surface area contributed by atoms with Crippen molar-refractivity contribution in [2.45, 2.75) is 0 Å². The summed E-state index contributed by atoms with van der Waals surface area (Å²) in [6, 6.07) is 3.42. The van der Waals surface area contributed by atoms with E-state index in [0.29, 0.717) is 14.6 Å². The lowest BCUT2D eigenvalue weighted by molar-refractivity contribution is 0.468. The molecule has 0 atom stereocenters. The van der Waals surface area contributed by atoms with E-state index in [2.05, 4.69) is 38.4 Å². The number of nitrogens with two attached hydrogens (primary N) is 1. The van der Waals surface area contributed by atoms with Crippen molar-refractivity contribution in [1.29, 1.82) is 0 Å². The topological polar surface area (TPSA) is 46.2 Å². The lowest BCUT2D eigenvalue weighted by Crippen LogP contribution is -1.93. The van der Waals surface area contributed by atoms with Crippen molar-refractivity contribution in [3.63, 3.8) is 0 Å². The van der Waals surface area contributed by atoms with Gasteiger partial charge >= 0.3 is 0 Å². The van der Waals surface area contributed by atoms with Gasteiger partial charge in [0.2, 0.25) is 0 Å². The van der Waals surface area contributed by atoms with Crippen molar-refractivity contribution in [3.05, 3.63) is 33.2 Å². The second kappa shape index (κ2) is 3.49. The maximum atomic E-state index is 9.35. The van der Waals surface area contributed by atoms with E-state index >= 15 is 0 Å².